The molecule has 0 fully saturated rings. The van der Waals surface area contributed by atoms with Crippen molar-refractivity contribution in [2.24, 2.45) is 4.52 Å². The molecule has 0 spiro atoms. The highest BCUT2D eigenvalue weighted by atomic mass is 32.1. The lowest BCUT2D eigenvalue weighted by molar-refractivity contribution is 1.84. The van der Waals surface area contributed by atoms with Crippen molar-refractivity contribution in [2.45, 2.75) is 0 Å². The van der Waals surface area contributed by atoms with Gasteiger partial charge in [-0.15, -0.1) is 0 Å². The summed E-state index contributed by atoms with van der Waals surface area (Å²) in [6, 6.07) is 0. The summed E-state index contributed by atoms with van der Waals surface area (Å²) < 4.78 is 2.50. The van der Waals surface area contributed by atoms with Gasteiger partial charge in [-0.2, -0.15) is 0 Å². The van der Waals surface area contributed by atoms with Crippen molar-refractivity contribution >= 4 is 12.8 Å². The van der Waals surface area contributed by atoms with Gasteiger partial charge in [-0.05, 0) is 18.3 Å². The fourth-order valence-corrected chi connectivity index (χ4v) is 0. The molecule has 0 saturated heterocycles. The number of nitrogens with zero attached hydrogens (tertiary/aromatic N) is 3. The third kappa shape index (κ3) is 1.53. The third-order valence-corrected chi connectivity index (χ3v) is 0.110. The van der Waals surface area contributed by atoms with E-state index < -0.39 is 0 Å². The minimum Gasteiger partial charge on any atom is -0.0162 e. The molecule has 0 atom stereocenters. The second kappa shape index (κ2) is 2.53. The third-order valence-electron chi connectivity index (χ3n) is 0.0365. The van der Waals surface area contributed by atoms with Gasteiger partial charge in [-0.3, -0.25) is 0 Å². The molecule has 0 saturated carbocycles. The molecule has 0 heterocycles. The molecular weight excluding hydrogens is 74.1 g/mol. The maximum absolute atomic E-state index is 7.23. The molecule has 0 aliphatic heterocycles. The Hall–Kier alpha value is -0.470. The summed E-state index contributed by atoms with van der Waals surface area (Å²) in [5.41, 5.74) is 7.23. The minimum absolute atomic E-state index is 2.18. The van der Waals surface area contributed by atoms with E-state index in [0.717, 1.165) is 0 Å². The van der Waals surface area contributed by atoms with Crippen LogP contribution in [-0.2, 0) is 0 Å². The van der Waals surface area contributed by atoms with Gasteiger partial charge in [0.25, 0.3) is 0 Å². The topological polar surface area (TPSA) is 48.8 Å². The van der Waals surface area contributed by atoms with Crippen LogP contribution in [0.25, 0.3) is 10.4 Å². The molecule has 1 radical (unpaired) electrons. The molecule has 4 heteroatoms. The van der Waals surface area contributed by atoms with Crippen LogP contribution in [-0.4, -0.2) is 0 Å². The zero-order chi connectivity index (χ0) is 3.41. The summed E-state index contributed by atoms with van der Waals surface area (Å²) in [5, 5.41) is 0. The fraction of sp³-hybridized carbons (Fsp3) is 0. The van der Waals surface area contributed by atoms with E-state index in [0.29, 0.717) is 0 Å². The SMILES string of the molecule is [N-]=[N+]=N[S]. The first-order chi connectivity index (χ1) is 1.91. The van der Waals surface area contributed by atoms with Gasteiger partial charge in [0.15, 0.2) is 0 Å². The molecule has 21 valence electrons. The molecule has 0 N–H and O–H groups in total. The summed E-state index contributed by atoms with van der Waals surface area (Å²) in [7, 11) is 0. The van der Waals surface area contributed by atoms with E-state index in [4.69, 9.17) is 5.53 Å². The van der Waals surface area contributed by atoms with Gasteiger partial charge in [0.05, 0.1) is 0 Å². The summed E-state index contributed by atoms with van der Waals surface area (Å²) in [5.74, 6) is 0. The summed E-state index contributed by atoms with van der Waals surface area (Å²) in [4.78, 5) is 2.18. The Labute approximate surface area is 28.8 Å². The molecule has 0 aromatic rings. The van der Waals surface area contributed by atoms with E-state index in [1.165, 1.54) is 0 Å². The first-order valence-corrected chi connectivity index (χ1v) is 0.948. The highest BCUT2D eigenvalue weighted by Gasteiger charge is 1.31. The van der Waals surface area contributed by atoms with Crippen LogP contribution >= 0.6 is 12.8 Å². The molecule has 0 aliphatic rings. The van der Waals surface area contributed by atoms with E-state index in [2.05, 4.69) is 22.2 Å². The van der Waals surface area contributed by atoms with Crippen LogP contribution in [0.5, 0.6) is 0 Å². The van der Waals surface area contributed by atoms with Crippen molar-refractivity contribution in [3.8, 4) is 0 Å². The molecule has 0 aromatic heterocycles. The van der Waals surface area contributed by atoms with Gasteiger partial charge in [0.2, 0.25) is 0 Å². The second-order valence-electron chi connectivity index (χ2n) is 0.171. The molecule has 4 heavy (non-hydrogen) atoms. The fourth-order valence-electron chi connectivity index (χ4n) is 0. The van der Waals surface area contributed by atoms with Crippen molar-refractivity contribution in [3.05, 3.63) is 10.4 Å². The Morgan fingerprint density at radius 3 is 2.25 bits per heavy atom. The van der Waals surface area contributed by atoms with Gasteiger partial charge in [0, 0.05) is 9.43 Å². The van der Waals surface area contributed by atoms with Crippen molar-refractivity contribution < 1.29 is 0 Å². The van der Waals surface area contributed by atoms with Crippen LogP contribution in [0.15, 0.2) is 4.52 Å². The predicted molar refractivity (Wildman–Crippen MR) is 16.7 cm³/mol. The summed E-state index contributed by atoms with van der Waals surface area (Å²) in [6.45, 7) is 0. The van der Waals surface area contributed by atoms with Crippen LogP contribution in [0, 0.1) is 0 Å². The molecular formula is N3S. The lowest BCUT2D eigenvalue weighted by Crippen LogP contribution is -0.989. The Morgan fingerprint density at radius 1 is 2.00 bits per heavy atom. The largest absolute Gasteiger partial charge is 0.0162 e. The molecule has 0 unspecified atom stereocenters. The van der Waals surface area contributed by atoms with E-state index in [-0.39, 0.29) is 0 Å². The maximum atomic E-state index is 7.23. The molecule has 3 nitrogen and oxygen atoms in total. The minimum atomic E-state index is 2.18. The zero-order valence-electron chi connectivity index (χ0n) is 1.75. The van der Waals surface area contributed by atoms with Crippen molar-refractivity contribution in [2.75, 3.05) is 0 Å². The van der Waals surface area contributed by atoms with Gasteiger partial charge >= 0.3 is 0 Å². The van der Waals surface area contributed by atoms with Crippen LogP contribution in [0.1, 0.15) is 0 Å². The van der Waals surface area contributed by atoms with Crippen LogP contribution < -0.4 is 0 Å². The van der Waals surface area contributed by atoms with Gasteiger partial charge in [0.1, 0.15) is 0 Å². The number of rotatable bonds is 0. The standard InChI is InChI=1S/N3S/c1-2-3-4. The van der Waals surface area contributed by atoms with E-state index in [9.17, 15) is 0 Å². The van der Waals surface area contributed by atoms with Crippen LogP contribution in [0.4, 0.5) is 0 Å². The Kier molecular flexibility index (Phi) is 2.23. The smallest absolute Gasteiger partial charge is 0.0151 e. The highest BCUT2D eigenvalue weighted by molar-refractivity contribution is 7.78. The first kappa shape index (κ1) is 3.53. The van der Waals surface area contributed by atoms with Crippen molar-refractivity contribution in [3.63, 3.8) is 0 Å². The van der Waals surface area contributed by atoms with Gasteiger partial charge in [-0.25, -0.2) is 0 Å². The number of azide groups is 1. The highest BCUT2D eigenvalue weighted by Crippen LogP contribution is 1.66. The number of hydrogen-bond donors (Lipinski definition) is 0. The normalized spacial score (nSPS) is 4.00. The Balaban J connectivity index is 3.11. The van der Waals surface area contributed by atoms with Crippen LogP contribution in [0.3, 0.4) is 0 Å². The molecule has 0 aromatic carbocycles. The number of hydrogen-bond acceptors (Lipinski definition) is 1. The quantitative estimate of drug-likeness (QED) is 0.237. The lowest BCUT2D eigenvalue weighted by Gasteiger charge is -1.31. The average Bonchev–Trinajstić information content (AvgIpc) is 1.37. The molecule has 0 aliphatic carbocycles. The maximum Gasteiger partial charge on any atom is 0.0151 e. The Bertz CT molecular complexity index is 41.2. The van der Waals surface area contributed by atoms with Crippen LogP contribution in [0.2, 0.25) is 0 Å². The predicted octanol–water partition coefficient (Wildman–Crippen LogP) is 1.41. The molecule has 0 rings (SSSR count). The first-order valence-electron chi connectivity index (χ1n) is 0.583. The van der Waals surface area contributed by atoms with E-state index in [1.807, 2.05) is 0 Å². The summed E-state index contributed by atoms with van der Waals surface area (Å²) in [6.07, 6.45) is 0. The molecule has 0 bridgehead atoms. The van der Waals surface area contributed by atoms with E-state index >= 15 is 0 Å². The second-order valence-corrected chi connectivity index (χ2v) is 0.334. The van der Waals surface area contributed by atoms with Gasteiger partial charge < -0.3 is 0 Å². The zero-order valence-corrected chi connectivity index (χ0v) is 2.57. The van der Waals surface area contributed by atoms with Crippen molar-refractivity contribution in [1.29, 1.82) is 0 Å². The van der Waals surface area contributed by atoms with E-state index in [1.54, 1.807) is 0 Å². The van der Waals surface area contributed by atoms with Crippen molar-refractivity contribution in [1.82, 2.24) is 0 Å². The average molecular weight is 74.1 g/mol. The Morgan fingerprint density at radius 2 is 2.25 bits per heavy atom. The summed E-state index contributed by atoms with van der Waals surface area (Å²) >= 11 is 3.76. The molecule has 0 amide bonds. The lowest BCUT2D eigenvalue weighted by atomic mass is 13.0. The van der Waals surface area contributed by atoms with Gasteiger partial charge in [-0.1, -0.05) is 0 Å². The monoisotopic (exact) mass is 74.0 g/mol.